The number of amides is 1. The molecule has 0 aliphatic rings. The van der Waals surface area contributed by atoms with Gasteiger partial charge in [-0.25, -0.2) is 8.42 Å². The van der Waals surface area contributed by atoms with Crippen molar-refractivity contribution in [2.75, 3.05) is 10.6 Å². The van der Waals surface area contributed by atoms with E-state index in [0.29, 0.717) is 12.1 Å². The van der Waals surface area contributed by atoms with Gasteiger partial charge >= 0.3 is 0 Å². The van der Waals surface area contributed by atoms with E-state index in [1.807, 2.05) is 58.9 Å². The number of rotatable bonds is 8. The lowest BCUT2D eigenvalue weighted by molar-refractivity contribution is -0.123. The predicted octanol–water partition coefficient (Wildman–Crippen LogP) is 4.42. The van der Waals surface area contributed by atoms with Gasteiger partial charge in [0.25, 0.3) is 0 Å². The SMILES string of the molecule is CC[C@@H](NC(=O)[C@H](CC)N(c1ccc(C)cc1)S(C)(=O)=O)c1ccc(C)cc1C. The number of aryl methyl sites for hydroxylation is 3. The quantitative estimate of drug-likeness (QED) is 0.692. The molecule has 0 aromatic heterocycles. The van der Waals surface area contributed by atoms with Crippen molar-refractivity contribution in [2.45, 2.75) is 59.5 Å². The average Bonchev–Trinajstić information content (AvgIpc) is 2.64. The third-order valence-electron chi connectivity index (χ3n) is 5.14. The predicted molar refractivity (Wildman–Crippen MR) is 120 cm³/mol. The second kappa shape index (κ2) is 9.44. The Labute approximate surface area is 175 Å². The zero-order valence-electron chi connectivity index (χ0n) is 18.2. The summed E-state index contributed by atoms with van der Waals surface area (Å²) in [6, 6.07) is 12.4. The molecular formula is C23H32N2O3S. The van der Waals surface area contributed by atoms with Crippen molar-refractivity contribution in [1.82, 2.24) is 5.32 Å². The minimum absolute atomic E-state index is 0.170. The van der Waals surface area contributed by atoms with Gasteiger partial charge in [0.1, 0.15) is 6.04 Å². The van der Waals surface area contributed by atoms with Crippen molar-refractivity contribution < 1.29 is 13.2 Å². The highest BCUT2D eigenvalue weighted by molar-refractivity contribution is 7.92. The van der Waals surface area contributed by atoms with E-state index >= 15 is 0 Å². The van der Waals surface area contributed by atoms with Gasteiger partial charge in [-0.05, 0) is 56.9 Å². The Morgan fingerprint density at radius 3 is 2.03 bits per heavy atom. The summed E-state index contributed by atoms with van der Waals surface area (Å²) in [5.74, 6) is -0.287. The maximum Gasteiger partial charge on any atom is 0.244 e. The summed E-state index contributed by atoms with van der Waals surface area (Å²) >= 11 is 0. The zero-order chi connectivity index (χ0) is 21.8. The number of carbonyl (C=O) groups excluding carboxylic acids is 1. The molecule has 0 radical (unpaired) electrons. The van der Waals surface area contributed by atoms with Gasteiger partial charge in [0, 0.05) is 0 Å². The van der Waals surface area contributed by atoms with Crippen LogP contribution in [0.4, 0.5) is 5.69 Å². The maximum absolute atomic E-state index is 13.2. The lowest BCUT2D eigenvalue weighted by Crippen LogP contribution is -2.50. The lowest BCUT2D eigenvalue weighted by atomic mass is 9.97. The summed E-state index contributed by atoms with van der Waals surface area (Å²) in [6.07, 6.45) is 2.23. The minimum Gasteiger partial charge on any atom is -0.347 e. The maximum atomic E-state index is 13.2. The van der Waals surface area contributed by atoms with Crippen LogP contribution in [0.25, 0.3) is 0 Å². The molecule has 0 unspecified atom stereocenters. The number of benzene rings is 2. The van der Waals surface area contributed by atoms with Crippen molar-refractivity contribution in [1.29, 1.82) is 0 Å². The van der Waals surface area contributed by atoms with Gasteiger partial charge in [-0.2, -0.15) is 0 Å². The third-order valence-corrected chi connectivity index (χ3v) is 6.32. The standard InChI is InChI=1S/C23H32N2O3S/c1-7-21(20-14-11-17(4)15-18(20)5)24-23(26)22(8-2)25(29(6,27)28)19-12-9-16(3)10-13-19/h9-15,21-22H,7-8H2,1-6H3,(H,24,26)/t21-,22+/m1/s1. The summed E-state index contributed by atoms with van der Waals surface area (Å²) in [5.41, 5.74) is 4.87. The van der Waals surface area contributed by atoms with Gasteiger partial charge < -0.3 is 5.32 Å². The van der Waals surface area contributed by atoms with Crippen LogP contribution in [0.1, 0.15) is 55.0 Å². The van der Waals surface area contributed by atoms with Crippen LogP contribution < -0.4 is 9.62 Å². The molecule has 2 rings (SSSR count). The fraction of sp³-hybridized carbons (Fsp3) is 0.435. The summed E-state index contributed by atoms with van der Waals surface area (Å²) in [6.45, 7) is 9.85. The number of carbonyl (C=O) groups is 1. The Hall–Kier alpha value is -2.34. The van der Waals surface area contributed by atoms with E-state index in [4.69, 9.17) is 0 Å². The molecule has 0 heterocycles. The Kier molecular flexibility index (Phi) is 7.47. The largest absolute Gasteiger partial charge is 0.347 e. The second-order valence-corrected chi connectivity index (χ2v) is 9.51. The number of anilines is 1. The average molecular weight is 417 g/mol. The first-order valence-corrected chi connectivity index (χ1v) is 11.9. The molecule has 0 spiro atoms. The molecule has 6 heteroatoms. The zero-order valence-corrected chi connectivity index (χ0v) is 19.0. The molecule has 158 valence electrons. The van der Waals surface area contributed by atoms with Crippen molar-refractivity contribution in [2.24, 2.45) is 0 Å². The first-order chi connectivity index (χ1) is 13.6. The molecule has 0 bridgehead atoms. The molecule has 0 saturated heterocycles. The molecular weight excluding hydrogens is 384 g/mol. The first-order valence-electron chi connectivity index (χ1n) is 10.0. The Bertz CT molecular complexity index is 953. The number of sulfonamides is 1. The van der Waals surface area contributed by atoms with E-state index < -0.39 is 16.1 Å². The number of hydrogen-bond donors (Lipinski definition) is 1. The normalized spacial score (nSPS) is 13.6. The van der Waals surface area contributed by atoms with Crippen molar-refractivity contribution in [3.05, 3.63) is 64.7 Å². The minimum atomic E-state index is -3.64. The number of hydrogen-bond acceptors (Lipinski definition) is 3. The molecule has 0 saturated carbocycles. The molecule has 2 aromatic carbocycles. The van der Waals surface area contributed by atoms with Crippen LogP contribution in [0.15, 0.2) is 42.5 Å². The Morgan fingerprint density at radius 1 is 0.966 bits per heavy atom. The summed E-state index contributed by atoms with van der Waals surface area (Å²) in [4.78, 5) is 13.2. The molecule has 29 heavy (non-hydrogen) atoms. The first kappa shape index (κ1) is 22.9. The van der Waals surface area contributed by atoms with Crippen LogP contribution in [0, 0.1) is 20.8 Å². The van der Waals surface area contributed by atoms with E-state index in [0.717, 1.165) is 29.4 Å². The molecule has 2 atom stereocenters. The van der Waals surface area contributed by atoms with Crippen LogP contribution in [-0.2, 0) is 14.8 Å². The smallest absolute Gasteiger partial charge is 0.244 e. The van der Waals surface area contributed by atoms with Crippen molar-refractivity contribution >= 4 is 21.6 Å². The summed E-state index contributed by atoms with van der Waals surface area (Å²) in [5, 5.41) is 3.08. The van der Waals surface area contributed by atoms with E-state index in [1.54, 1.807) is 12.1 Å². The van der Waals surface area contributed by atoms with E-state index in [1.165, 1.54) is 9.87 Å². The molecule has 1 amide bonds. The van der Waals surface area contributed by atoms with Gasteiger partial charge in [0.05, 0.1) is 18.0 Å². The molecule has 1 N–H and O–H groups in total. The monoisotopic (exact) mass is 416 g/mol. The van der Waals surface area contributed by atoms with Crippen LogP contribution in [0.5, 0.6) is 0 Å². The molecule has 2 aromatic rings. The lowest BCUT2D eigenvalue weighted by Gasteiger charge is -2.31. The summed E-state index contributed by atoms with van der Waals surface area (Å²) < 4.78 is 26.4. The highest BCUT2D eigenvalue weighted by Gasteiger charge is 2.32. The highest BCUT2D eigenvalue weighted by Crippen LogP contribution is 2.25. The fourth-order valence-electron chi connectivity index (χ4n) is 3.64. The van der Waals surface area contributed by atoms with Crippen LogP contribution in [0.2, 0.25) is 0 Å². The second-order valence-electron chi connectivity index (χ2n) is 7.65. The van der Waals surface area contributed by atoms with Crippen LogP contribution in [0.3, 0.4) is 0 Å². The van der Waals surface area contributed by atoms with Gasteiger partial charge in [-0.15, -0.1) is 0 Å². The van der Waals surface area contributed by atoms with E-state index in [-0.39, 0.29) is 11.9 Å². The van der Waals surface area contributed by atoms with Crippen LogP contribution in [-0.4, -0.2) is 26.6 Å². The third kappa shape index (κ3) is 5.60. The molecule has 5 nitrogen and oxygen atoms in total. The van der Waals surface area contributed by atoms with E-state index in [2.05, 4.69) is 11.4 Å². The fourth-order valence-corrected chi connectivity index (χ4v) is 4.85. The van der Waals surface area contributed by atoms with Gasteiger partial charge in [-0.3, -0.25) is 9.10 Å². The Balaban J connectivity index is 2.36. The van der Waals surface area contributed by atoms with Gasteiger partial charge in [0.15, 0.2) is 0 Å². The number of nitrogens with one attached hydrogen (secondary N) is 1. The summed E-state index contributed by atoms with van der Waals surface area (Å²) in [7, 11) is -3.64. The Morgan fingerprint density at radius 2 is 1.55 bits per heavy atom. The number of nitrogens with zero attached hydrogens (tertiary/aromatic N) is 1. The molecule has 0 aliphatic carbocycles. The van der Waals surface area contributed by atoms with Gasteiger partial charge in [0.2, 0.25) is 15.9 Å². The van der Waals surface area contributed by atoms with Crippen molar-refractivity contribution in [3.63, 3.8) is 0 Å². The van der Waals surface area contributed by atoms with Crippen molar-refractivity contribution in [3.8, 4) is 0 Å². The topological polar surface area (TPSA) is 66.5 Å². The molecule has 0 fully saturated rings. The van der Waals surface area contributed by atoms with Crippen LogP contribution >= 0.6 is 0 Å². The highest BCUT2D eigenvalue weighted by atomic mass is 32.2. The molecule has 0 aliphatic heterocycles. The van der Waals surface area contributed by atoms with Gasteiger partial charge in [-0.1, -0.05) is 55.3 Å². The van der Waals surface area contributed by atoms with E-state index in [9.17, 15) is 13.2 Å².